The van der Waals surface area contributed by atoms with Crippen molar-refractivity contribution in [2.75, 3.05) is 11.5 Å². The lowest BCUT2D eigenvalue weighted by Crippen LogP contribution is -2.24. The van der Waals surface area contributed by atoms with Gasteiger partial charge in [0.05, 0.1) is 12.2 Å². The average molecular weight is 497 g/mol. The first-order valence-corrected chi connectivity index (χ1v) is 11.9. The number of pyridine rings is 1. The number of carbonyl (C=O) groups is 1. The standard InChI is InChI=1S/C28H30F2N2O4/c1-28(2,3)36-26(33)21-8-10-22(11-9-21)32(17-20-5-4-14-31-16-20)23-12-13-24(35-27(29)30)25(15-23)34-18-19-6-7-19/h4-5,8-16,19,27H,6-7,17-18H2,1-3H3. The van der Waals surface area contributed by atoms with Crippen molar-refractivity contribution in [1.82, 2.24) is 4.98 Å². The number of alkyl halides is 2. The van der Waals surface area contributed by atoms with E-state index in [1.54, 1.807) is 36.7 Å². The minimum atomic E-state index is -2.95. The number of ether oxygens (including phenoxy) is 3. The highest BCUT2D eigenvalue weighted by Crippen LogP contribution is 2.38. The van der Waals surface area contributed by atoms with Crippen LogP contribution in [0, 0.1) is 5.92 Å². The van der Waals surface area contributed by atoms with Gasteiger partial charge in [0, 0.05) is 36.4 Å². The molecular weight excluding hydrogens is 466 g/mol. The molecule has 0 amide bonds. The first-order valence-electron chi connectivity index (χ1n) is 11.9. The van der Waals surface area contributed by atoms with Crippen LogP contribution >= 0.6 is 0 Å². The Morgan fingerprint density at radius 1 is 1.06 bits per heavy atom. The number of benzene rings is 2. The lowest BCUT2D eigenvalue weighted by Gasteiger charge is -2.26. The van der Waals surface area contributed by atoms with Gasteiger partial charge in [-0.1, -0.05) is 6.07 Å². The Balaban J connectivity index is 1.66. The normalized spacial score (nSPS) is 13.4. The van der Waals surface area contributed by atoms with E-state index in [0.717, 1.165) is 29.8 Å². The molecule has 190 valence electrons. The van der Waals surface area contributed by atoms with Crippen LogP contribution in [0.1, 0.15) is 49.5 Å². The molecule has 0 N–H and O–H groups in total. The number of anilines is 2. The van der Waals surface area contributed by atoms with Crippen molar-refractivity contribution in [3.63, 3.8) is 0 Å². The molecule has 0 saturated heterocycles. The van der Waals surface area contributed by atoms with E-state index in [-0.39, 0.29) is 11.5 Å². The van der Waals surface area contributed by atoms with Gasteiger partial charge in [0.15, 0.2) is 11.5 Å². The second-order valence-corrected chi connectivity index (χ2v) is 9.76. The Kier molecular flexibility index (Phi) is 7.72. The van der Waals surface area contributed by atoms with E-state index in [1.165, 1.54) is 6.07 Å². The number of hydrogen-bond acceptors (Lipinski definition) is 6. The van der Waals surface area contributed by atoms with Crippen LogP contribution in [0.2, 0.25) is 0 Å². The smallest absolute Gasteiger partial charge is 0.387 e. The van der Waals surface area contributed by atoms with Crippen LogP contribution in [0.5, 0.6) is 11.5 Å². The zero-order valence-corrected chi connectivity index (χ0v) is 20.6. The van der Waals surface area contributed by atoms with Gasteiger partial charge >= 0.3 is 12.6 Å². The fraction of sp³-hybridized carbons (Fsp3) is 0.357. The van der Waals surface area contributed by atoms with Gasteiger partial charge < -0.3 is 19.1 Å². The lowest BCUT2D eigenvalue weighted by atomic mass is 10.1. The van der Waals surface area contributed by atoms with Crippen LogP contribution in [0.15, 0.2) is 67.0 Å². The largest absolute Gasteiger partial charge is 0.489 e. The topological polar surface area (TPSA) is 60.9 Å². The Morgan fingerprint density at radius 2 is 1.78 bits per heavy atom. The monoisotopic (exact) mass is 496 g/mol. The second kappa shape index (κ2) is 10.9. The summed E-state index contributed by atoms with van der Waals surface area (Å²) >= 11 is 0. The lowest BCUT2D eigenvalue weighted by molar-refractivity contribution is -0.0515. The Labute approximate surface area is 209 Å². The Hall–Kier alpha value is -3.68. The third-order valence-electron chi connectivity index (χ3n) is 5.50. The zero-order chi connectivity index (χ0) is 25.7. The highest BCUT2D eigenvalue weighted by atomic mass is 19.3. The molecule has 3 aromatic rings. The molecule has 1 aliphatic rings. The summed E-state index contributed by atoms with van der Waals surface area (Å²) in [4.78, 5) is 18.7. The molecular formula is C28H30F2N2O4. The minimum absolute atomic E-state index is 0.00370. The van der Waals surface area contributed by atoms with E-state index < -0.39 is 18.2 Å². The summed E-state index contributed by atoms with van der Waals surface area (Å²) in [6, 6.07) is 15.8. The third kappa shape index (κ3) is 7.16. The summed E-state index contributed by atoms with van der Waals surface area (Å²) in [5.41, 5.74) is 2.30. The van der Waals surface area contributed by atoms with E-state index >= 15 is 0 Å². The van der Waals surface area contributed by atoms with Crippen molar-refractivity contribution in [1.29, 1.82) is 0 Å². The van der Waals surface area contributed by atoms with Gasteiger partial charge in [-0.25, -0.2) is 4.79 Å². The number of carbonyl (C=O) groups excluding carboxylic acids is 1. The van der Waals surface area contributed by atoms with Crippen molar-refractivity contribution in [3.05, 3.63) is 78.1 Å². The molecule has 36 heavy (non-hydrogen) atoms. The number of rotatable bonds is 10. The summed E-state index contributed by atoms with van der Waals surface area (Å²) in [5.74, 6) is 0.300. The Morgan fingerprint density at radius 3 is 2.39 bits per heavy atom. The SMILES string of the molecule is CC(C)(C)OC(=O)c1ccc(N(Cc2cccnc2)c2ccc(OC(F)F)c(OCC3CC3)c2)cc1. The molecule has 0 bridgehead atoms. The number of esters is 1. The molecule has 0 unspecified atom stereocenters. The summed E-state index contributed by atoms with van der Waals surface area (Å²) < 4.78 is 42.0. The van der Waals surface area contributed by atoms with Gasteiger partial charge in [0.25, 0.3) is 0 Å². The van der Waals surface area contributed by atoms with Crippen molar-refractivity contribution < 1.29 is 27.8 Å². The average Bonchev–Trinajstić information content (AvgIpc) is 3.66. The summed E-state index contributed by atoms with van der Waals surface area (Å²) in [7, 11) is 0. The van der Waals surface area contributed by atoms with Gasteiger partial charge in [0.2, 0.25) is 0 Å². The summed E-state index contributed by atoms with van der Waals surface area (Å²) in [5, 5.41) is 0. The minimum Gasteiger partial charge on any atom is -0.489 e. The van der Waals surface area contributed by atoms with Crippen LogP contribution in [-0.4, -0.2) is 29.8 Å². The van der Waals surface area contributed by atoms with E-state index in [4.69, 9.17) is 14.2 Å². The molecule has 4 rings (SSSR count). The zero-order valence-electron chi connectivity index (χ0n) is 20.6. The molecule has 1 heterocycles. The van der Waals surface area contributed by atoms with Crippen LogP contribution in [0.3, 0.4) is 0 Å². The molecule has 6 nitrogen and oxygen atoms in total. The van der Waals surface area contributed by atoms with Gasteiger partial charge in [-0.2, -0.15) is 8.78 Å². The first kappa shape index (κ1) is 25.4. The van der Waals surface area contributed by atoms with Crippen LogP contribution in [-0.2, 0) is 11.3 Å². The van der Waals surface area contributed by atoms with Crippen LogP contribution in [0.25, 0.3) is 0 Å². The van der Waals surface area contributed by atoms with E-state index in [9.17, 15) is 13.6 Å². The number of halogens is 2. The van der Waals surface area contributed by atoms with E-state index in [0.29, 0.717) is 24.6 Å². The molecule has 0 atom stereocenters. The Bertz CT molecular complexity index is 1160. The summed E-state index contributed by atoms with van der Waals surface area (Å²) in [6.45, 7) is 3.41. The first-order chi connectivity index (χ1) is 17.2. The van der Waals surface area contributed by atoms with Gasteiger partial charge in [-0.05, 0) is 87.6 Å². The molecule has 1 aromatic heterocycles. The van der Waals surface area contributed by atoms with E-state index in [2.05, 4.69) is 4.98 Å². The maximum Gasteiger partial charge on any atom is 0.387 e. The highest BCUT2D eigenvalue weighted by Gasteiger charge is 2.24. The molecule has 2 aromatic carbocycles. The number of nitrogens with zero attached hydrogens (tertiary/aromatic N) is 2. The van der Waals surface area contributed by atoms with Gasteiger partial charge in [-0.3, -0.25) is 4.98 Å². The predicted molar refractivity (Wildman–Crippen MR) is 133 cm³/mol. The van der Waals surface area contributed by atoms with Crippen molar-refractivity contribution in [3.8, 4) is 11.5 Å². The second-order valence-electron chi connectivity index (χ2n) is 9.76. The van der Waals surface area contributed by atoms with Gasteiger partial charge in [-0.15, -0.1) is 0 Å². The van der Waals surface area contributed by atoms with Crippen molar-refractivity contribution in [2.24, 2.45) is 5.92 Å². The van der Waals surface area contributed by atoms with Crippen molar-refractivity contribution >= 4 is 17.3 Å². The summed E-state index contributed by atoms with van der Waals surface area (Å²) in [6.07, 6.45) is 5.61. The number of hydrogen-bond donors (Lipinski definition) is 0. The molecule has 0 radical (unpaired) electrons. The number of aromatic nitrogens is 1. The molecule has 1 fully saturated rings. The highest BCUT2D eigenvalue weighted by molar-refractivity contribution is 5.90. The quantitative estimate of drug-likeness (QED) is 0.289. The van der Waals surface area contributed by atoms with Crippen LogP contribution in [0.4, 0.5) is 20.2 Å². The van der Waals surface area contributed by atoms with Crippen molar-refractivity contribution in [2.45, 2.75) is 52.4 Å². The fourth-order valence-electron chi connectivity index (χ4n) is 3.58. The fourth-order valence-corrected chi connectivity index (χ4v) is 3.58. The molecule has 0 aliphatic heterocycles. The third-order valence-corrected chi connectivity index (χ3v) is 5.50. The van der Waals surface area contributed by atoms with Crippen LogP contribution < -0.4 is 14.4 Å². The predicted octanol–water partition coefficient (Wildman–Crippen LogP) is 6.77. The molecule has 1 aliphatic carbocycles. The maximum absolute atomic E-state index is 13.0. The molecule has 0 spiro atoms. The molecule has 8 heteroatoms. The molecule has 1 saturated carbocycles. The van der Waals surface area contributed by atoms with E-state index in [1.807, 2.05) is 49.9 Å². The maximum atomic E-state index is 13.0. The van der Waals surface area contributed by atoms with Gasteiger partial charge in [0.1, 0.15) is 5.60 Å².